The molecule has 2 N–H and O–H groups in total. The molecule has 0 amide bonds. The summed E-state index contributed by atoms with van der Waals surface area (Å²) in [5, 5.41) is 4.59. The number of fused-ring (bicyclic) bond motifs is 3. The van der Waals surface area contributed by atoms with Crippen molar-refractivity contribution in [3.05, 3.63) is 17.5 Å². The van der Waals surface area contributed by atoms with E-state index in [1.807, 2.05) is 6.20 Å². The fraction of sp³-hybridized carbons (Fsp3) is 0.571. The Labute approximate surface area is 136 Å². The number of hydrogen-bond donors (Lipinski definition) is 2. The van der Waals surface area contributed by atoms with Gasteiger partial charge in [0.1, 0.15) is 5.65 Å². The Hall–Kier alpha value is -1.04. The highest BCUT2D eigenvalue weighted by Gasteiger charge is 2.18. The van der Waals surface area contributed by atoms with E-state index in [1.165, 1.54) is 35.9 Å². The molecule has 3 heterocycles. The zero-order chi connectivity index (χ0) is 12.7. The van der Waals surface area contributed by atoms with Crippen LogP contribution in [0.3, 0.4) is 0 Å². The summed E-state index contributed by atoms with van der Waals surface area (Å²) < 4.78 is 0. The minimum atomic E-state index is 0. The fourth-order valence-electron chi connectivity index (χ4n) is 3.19. The summed E-state index contributed by atoms with van der Waals surface area (Å²) in [6.45, 7) is 4.02. The van der Waals surface area contributed by atoms with Gasteiger partial charge >= 0.3 is 0 Å². The number of H-pyrrole nitrogens is 1. The number of hydrogen-bond acceptors (Lipinski definition) is 4. The molecule has 2 aliphatic rings. The maximum Gasteiger partial charge on any atom is 0.227 e. The van der Waals surface area contributed by atoms with Gasteiger partial charge in [0, 0.05) is 43.5 Å². The Kier molecular flexibility index (Phi) is 5.30. The zero-order valence-electron chi connectivity index (χ0n) is 11.9. The first-order chi connectivity index (χ1) is 9.42. The minimum Gasteiger partial charge on any atom is -0.343 e. The molecule has 0 saturated carbocycles. The highest BCUT2D eigenvalue weighted by Crippen LogP contribution is 2.28. The van der Waals surface area contributed by atoms with Crippen molar-refractivity contribution in [3.8, 4) is 0 Å². The summed E-state index contributed by atoms with van der Waals surface area (Å²) in [4.78, 5) is 15.1. The molecule has 0 aromatic carbocycles. The molecule has 0 radical (unpaired) electrons. The van der Waals surface area contributed by atoms with Gasteiger partial charge in [-0.2, -0.15) is 4.98 Å². The van der Waals surface area contributed by atoms with E-state index in [0.717, 1.165) is 44.2 Å². The fourth-order valence-corrected chi connectivity index (χ4v) is 3.19. The number of nitrogens with zero attached hydrogens (tertiary/aromatic N) is 3. The van der Waals surface area contributed by atoms with Gasteiger partial charge in [0.05, 0.1) is 0 Å². The Balaban J connectivity index is 0.000000807. The van der Waals surface area contributed by atoms with Gasteiger partial charge in [-0.3, -0.25) is 0 Å². The first kappa shape index (κ1) is 16.3. The molecule has 2 aromatic rings. The Morgan fingerprint density at radius 1 is 1.05 bits per heavy atom. The molecule has 1 aliphatic heterocycles. The number of aromatic amines is 1. The minimum absolute atomic E-state index is 0. The normalized spacial score (nSPS) is 17.8. The van der Waals surface area contributed by atoms with E-state index in [-0.39, 0.29) is 24.8 Å². The van der Waals surface area contributed by atoms with Gasteiger partial charge in [-0.15, -0.1) is 24.8 Å². The molecule has 4 rings (SSSR count). The monoisotopic (exact) mass is 329 g/mol. The average Bonchev–Trinajstić information content (AvgIpc) is 2.86. The number of aryl methyl sites for hydroxylation is 2. The highest BCUT2D eigenvalue weighted by molar-refractivity contribution is 5.85. The van der Waals surface area contributed by atoms with E-state index in [4.69, 9.17) is 4.98 Å². The predicted octanol–water partition coefficient (Wildman–Crippen LogP) is 2.09. The first-order valence-corrected chi connectivity index (χ1v) is 7.24. The van der Waals surface area contributed by atoms with Crippen LogP contribution in [-0.4, -0.2) is 41.1 Å². The van der Waals surface area contributed by atoms with Gasteiger partial charge in [0.25, 0.3) is 0 Å². The summed E-state index contributed by atoms with van der Waals surface area (Å²) in [5.74, 6) is 0.868. The van der Waals surface area contributed by atoms with E-state index >= 15 is 0 Å². The van der Waals surface area contributed by atoms with Crippen LogP contribution < -0.4 is 10.2 Å². The van der Waals surface area contributed by atoms with Crippen molar-refractivity contribution >= 4 is 41.8 Å². The van der Waals surface area contributed by atoms with Crippen molar-refractivity contribution in [2.45, 2.75) is 25.7 Å². The van der Waals surface area contributed by atoms with Crippen molar-refractivity contribution in [3.63, 3.8) is 0 Å². The van der Waals surface area contributed by atoms with Crippen LogP contribution in [0.4, 0.5) is 5.95 Å². The number of piperazine rings is 1. The van der Waals surface area contributed by atoms with Gasteiger partial charge in [0.15, 0.2) is 0 Å². The molecule has 5 nitrogen and oxygen atoms in total. The SMILES string of the molecule is Cl.Cl.c1nc(N2CCNCC2)nc2[nH]c3c(c12)CCCC3. The molecule has 1 aliphatic carbocycles. The average molecular weight is 330 g/mol. The van der Waals surface area contributed by atoms with Gasteiger partial charge < -0.3 is 15.2 Å². The second kappa shape index (κ2) is 6.81. The zero-order valence-corrected chi connectivity index (χ0v) is 13.5. The van der Waals surface area contributed by atoms with Crippen molar-refractivity contribution in [1.82, 2.24) is 20.3 Å². The number of anilines is 1. The lowest BCUT2D eigenvalue weighted by atomic mass is 9.96. The van der Waals surface area contributed by atoms with Crippen LogP contribution in [0.5, 0.6) is 0 Å². The third kappa shape index (κ3) is 2.96. The molecule has 7 heteroatoms. The maximum atomic E-state index is 4.74. The molecule has 0 bridgehead atoms. The van der Waals surface area contributed by atoms with E-state index in [9.17, 15) is 0 Å². The number of rotatable bonds is 1. The third-order valence-corrected chi connectivity index (χ3v) is 4.24. The summed E-state index contributed by atoms with van der Waals surface area (Å²) in [7, 11) is 0. The van der Waals surface area contributed by atoms with Crippen molar-refractivity contribution < 1.29 is 0 Å². The van der Waals surface area contributed by atoms with E-state index in [2.05, 4.69) is 20.2 Å². The molecule has 1 fully saturated rings. The second-order valence-electron chi connectivity index (χ2n) is 5.46. The Bertz CT molecular complexity index is 607. The Morgan fingerprint density at radius 3 is 2.62 bits per heavy atom. The van der Waals surface area contributed by atoms with Crippen LogP contribution in [0, 0.1) is 0 Å². The lowest BCUT2D eigenvalue weighted by Crippen LogP contribution is -2.44. The summed E-state index contributed by atoms with van der Waals surface area (Å²) in [6, 6.07) is 0. The van der Waals surface area contributed by atoms with E-state index < -0.39 is 0 Å². The van der Waals surface area contributed by atoms with Gasteiger partial charge in [-0.25, -0.2) is 4.98 Å². The quantitative estimate of drug-likeness (QED) is 0.841. The number of aromatic nitrogens is 3. The van der Waals surface area contributed by atoms with Crippen LogP contribution in [0.25, 0.3) is 11.0 Å². The van der Waals surface area contributed by atoms with Gasteiger partial charge in [-0.05, 0) is 31.2 Å². The molecule has 116 valence electrons. The van der Waals surface area contributed by atoms with Crippen molar-refractivity contribution in [1.29, 1.82) is 0 Å². The van der Waals surface area contributed by atoms with Gasteiger partial charge in [-0.1, -0.05) is 0 Å². The second-order valence-corrected chi connectivity index (χ2v) is 5.46. The van der Waals surface area contributed by atoms with Crippen molar-refractivity contribution in [2.75, 3.05) is 31.1 Å². The Morgan fingerprint density at radius 2 is 1.81 bits per heavy atom. The standard InChI is InChI=1S/C14H19N5.2ClH/c1-2-4-12-10(3-1)11-9-16-14(18-13(11)17-12)19-7-5-15-6-8-19;;/h9,15H,1-8H2,(H,16,17,18);2*1H. The van der Waals surface area contributed by atoms with Crippen LogP contribution in [0.1, 0.15) is 24.1 Å². The molecule has 1 saturated heterocycles. The van der Waals surface area contributed by atoms with E-state index in [0.29, 0.717) is 0 Å². The molecule has 0 atom stereocenters. The molecular formula is C14H21Cl2N5. The highest BCUT2D eigenvalue weighted by atomic mass is 35.5. The topological polar surface area (TPSA) is 56.8 Å². The first-order valence-electron chi connectivity index (χ1n) is 7.24. The molecule has 2 aromatic heterocycles. The predicted molar refractivity (Wildman–Crippen MR) is 90.1 cm³/mol. The third-order valence-electron chi connectivity index (χ3n) is 4.24. The van der Waals surface area contributed by atoms with Crippen molar-refractivity contribution in [2.24, 2.45) is 0 Å². The summed E-state index contributed by atoms with van der Waals surface area (Å²) >= 11 is 0. The molecule has 0 spiro atoms. The summed E-state index contributed by atoms with van der Waals surface area (Å²) in [6.07, 6.45) is 6.93. The largest absolute Gasteiger partial charge is 0.343 e. The van der Waals surface area contributed by atoms with E-state index in [1.54, 1.807) is 0 Å². The van der Waals surface area contributed by atoms with Crippen LogP contribution in [0.2, 0.25) is 0 Å². The lowest BCUT2D eigenvalue weighted by Gasteiger charge is -2.27. The van der Waals surface area contributed by atoms with Crippen LogP contribution in [-0.2, 0) is 12.8 Å². The molecule has 0 unspecified atom stereocenters. The van der Waals surface area contributed by atoms with Gasteiger partial charge in [0.2, 0.25) is 5.95 Å². The number of nitrogens with one attached hydrogen (secondary N) is 2. The lowest BCUT2D eigenvalue weighted by molar-refractivity contribution is 0.580. The summed E-state index contributed by atoms with van der Waals surface area (Å²) in [5.41, 5.74) is 3.86. The maximum absolute atomic E-state index is 4.74. The molecule has 21 heavy (non-hydrogen) atoms. The van der Waals surface area contributed by atoms with Crippen LogP contribution in [0.15, 0.2) is 6.20 Å². The molecular weight excluding hydrogens is 309 g/mol. The van der Waals surface area contributed by atoms with Crippen LogP contribution >= 0.6 is 24.8 Å². The number of halogens is 2. The smallest absolute Gasteiger partial charge is 0.227 e.